The molecule has 104 valence electrons. The van der Waals surface area contributed by atoms with E-state index >= 15 is 0 Å². The van der Waals surface area contributed by atoms with E-state index in [1.54, 1.807) is 12.1 Å². The van der Waals surface area contributed by atoms with Crippen molar-refractivity contribution in [2.75, 3.05) is 11.9 Å². The van der Waals surface area contributed by atoms with Gasteiger partial charge in [0.1, 0.15) is 0 Å². The molecule has 1 aliphatic heterocycles. The van der Waals surface area contributed by atoms with Crippen LogP contribution < -0.4 is 5.32 Å². The van der Waals surface area contributed by atoms with Crippen LogP contribution in [-0.2, 0) is 11.2 Å². The van der Waals surface area contributed by atoms with Crippen molar-refractivity contribution < 1.29 is 22.8 Å². The number of hydrogen-bond donors (Lipinski definition) is 1. The summed E-state index contributed by atoms with van der Waals surface area (Å²) in [5.74, 6) is -2.81. The molecule has 1 aliphatic rings. The number of benzene rings is 1. The Morgan fingerprint density at radius 1 is 1.26 bits per heavy atom. The maximum absolute atomic E-state index is 12.0. The van der Waals surface area contributed by atoms with Crippen molar-refractivity contribution in [3.8, 4) is 0 Å². The summed E-state index contributed by atoms with van der Waals surface area (Å²) in [6.07, 6.45) is -5.35. The minimum absolute atomic E-state index is 0. The van der Waals surface area contributed by atoms with Gasteiger partial charge in [-0.25, -0.2) is 0 Å². The van der Waals surface area contributed by atoms with Gasteiger partial charge in [-0.2, -0.15) is 13.2 Å². The molecule has 0 saturated heterocycles. The molecule has 0 aliphatic carbocycles. The fourth-order valence-electron chi connectivity index (χ4n) is 1.83. The van der Waals surface area contributed by atoms with Gasteiger partial charge >= 0.3 is 6.18 Å². The first-order valence-corrected chi connectivity index (χ1v) is 5.38. The smallest absolute Gasteiger partial charge is 0.384 e. The standard InChI is InChI=1S/C12H10F3NO2.ClH/c13-12(14,15)11(18)6-10(17)8-1-2-9-7(5-8)3-4-16-9;/h1-2,5,16H,3-4,6H2;1H. The van der Waals surface area contributed by atoms with Crippen molar-refractivity contribution in [3.05, 3.63) is 29.3 Å². The monoisotopic (exact) mass is 293 g/mol. The molecule has 0 atom stereocenters. The number of carbonyl (C=O) groups excluding carboxylic acids is 2. The number of hydrogen-bond acceptors (Lipinski definition) is 3. The molecule has 0 fully saturated rings. The maximum Gasteiger partial charge on any atom is 0.450 e. The predicted octanol–water partition coefficient (Wildman–Crippen LogP) is 2.78. The van der Waals surface area contributed by atoms with Gasteiger partial charge in [-0.05, 0) is 30.2 Å². The molecule has 0 saturated carbocycles. The molecule has 1 heterocycles. The Bertz CT molecular complexity index is 514. The van der Waals surface area contributed by atoms with Crippen molar-refractivity contribution in [1.29, 1.82) is 0 Å². The lowest BCUT2D eigenvalue weighted by Gasteiger charge is -2.06. The number of halogens is 4. The summed E-state index contributed by atoms with van der Waals surface area (Å²) in [5.41, 5.74) is 1.92. The Kier molecular flexibility index (Phi) is 4.57. The molecule has 0 unspecified atom stereocenters. The van der Waals surface area contributed by atoms with Gasteiger partial charge in [0.15, 0.2) is 5.78 Å². The lowest BCUT2D eigenvalue weighted by Crippen LogP contribution is -2.25. The van der Waals surface area contributed by atoms with Crippen LogP contribution in [0.15, 0.2) is 18.2 Å². The minimum Gasteiger partial charge on any atom is -0.384 e. The first-order valence-electron chi connectivity index (χ1n) is 5.38. The van der Waals surface area contributed by atoms with Crippen LogP contribution in [0.25, 0.3) is 0 Å². The van der Waals surface area contributed by atoms with E-state index in [2.05, 4.69) is 5.32 Å². The van der Waals surface area contributed by atoms with E-state index in [-0.39, 0.29) is 18.0 Å². The molecule has 7 heteroatoms. The van der Waals surface area contributed by atoms with Gasteiger partial charge in [-0.3, -0.25) is 9.59 Å². The molecule has 1 aromatic rings. The lowest BCUT2D eigenvalue weighted by atomic mass is 10.0. The van der Waals surface area contributed by atoms with Crippen LogP contribution in [0, 0.1) is 0 Å². The van der Waals surface area contributed by atoms with Crippen LogP contribution in [0.4, 0.5) is 18.9 Å². The van der Waals surface area contributed by atoms with E-state index in [4.69, 9.17) is 0 Å². The fourth-order valence-corrected chi connectivity index (χ4v) is 1.83. The summed E-state index contributed by atoms with van der Waals surface area (Å²) in [7, 11) is 0. The zero-order valence-corrected chi connectivity index (χ0v) is 10.5. The van der Waals surface area contributed by atoms with Crippen LogP contribution in [0.3, 0.4) is 0 Å². The number of anilines is 1. The quantitative estimate of drug-likeness (QED) is 0.688. The summed E-state index contributed by atoms with van der Waals surface area (Å²) in [4.78, 5) is 22.3. The zero-order chi connectivity index (χ0) is 13.3. The molecule has 0 spiro atoms. The van der Waals surface area contributed by atoms with Crippen molar-refractivity contribution in [2.24, 2.45) is 0 Å². The Labute approximate surface area is 113 Å². The van der Waals surface area contributed by atoms with Gasteiger partial charge in [0.25, 0.3) is 0 Å². The van der Waals surface area contributed by atoms with Crippen molar-refractivity contribution in [1.82, 2.24) is 0 Å². The molecule has 3 nitrogen and oxygen atoms in total. The minimum atomic E-state index is -4.95. The van der Waals surface area contributed by atoms with E-state index in [0.717, 1.165) is 24.2 Å². The maximum atomic E-state index is 12.0. The van der Waals surface area contributed by atoms with Gasteiger partial charge in [0.2, 0.25) is 5.78 Å². The number of alkyl halides is 3. The number of Topliss-reactive ketones (excluding diaryl/α,β-unsaturated/α-hetero) is 2. The highest BCUT2D eigenvalue weighted by atomic mass is 35.5. The molecule has 1 N–H and O–H groups in total. The SMILES string of the molecule is Cl.O=C(CC(=O)C(F)(F)F)c1ccc2c(c1)CCN2. The summed E-state index contributed by atoms with van der Waals surface area (Å²) >= 11 is 0. The van der Waals surface area contributed by atoms with Crippen LogP contribution >= 0.6 is 12.4 Å². The Morgan fingerprint density at radius 2 is 1.95 bits per heavy atom. The third-order valence-electron chi connectivity index (χ3n) is 2.77. The van der Waals surface area contributed by atoms with Crippen molar-refractivity contribution >= 4 is 29.7 Å². The second kappa shape index (κ2) is 5.61. The summed E-state index contributed by atoms with van der Waals surface area (Å²) in [6, 6.07) is 4.62. The molecule has 0 aromatic heterocycles. The van der Waals surface area contributed by atoms with E-state index in [9.17, 15) is 22.8 Å². The average molecular weight is 294 g/mol. The van der Waals surface area contributed by atoms with E-state index < -0.39 is 24.2 Å². The van der Waals surface area contributed by atoms with Crippen molar-refractivity contribution in [2.45, 2.75) is 19.0 Å². The molecule has 0 bridgehead atoms. The number of rotatable bonds is 3. The Balaban J connectivity index is 0.00000180. The normalized spacial score (nSPS) is 13.2. The van der Waals surface area contributed by atoms with Crippen LogP contribution in [0.1, 0.15) is 22.3 Å². The number of carbonyl (C=O) groups is 2. The van der Waals surface area contributed by atoms with Gasteiger partial charge < -0.3 is 5.32 Å². The lowest BCUT2D eigenvalue weighted by molar-refractivity contribution is -0.170. The highest BCUT2D eigenvalue weighted by Gasteiger charge is 2.39. The zero-order valence-electron chi connectivity index (χ0n) is 9.71. The molecular weight excluding hydrogens is 283 g/mol. The first-order chi connectivity index (χ1) is 8.38. The molecule has 0 amide bonds. The highest BCUT2D eigenvalue weighted by Crippen LogP contribution is 2.24. The second-order valence-electron chi connectivity index (χ2n) is 4.07. The number of nitrogens with one attached hydrogen (secondary N) is 1. The molecule has 0 radical (unpaired) electrons. The number of fused-ring (bicyclic) bond motifs is 1. The summed E-state index contributed by atoms with van der Waals surface area (Å²) < 4.78 is 36.1. The van der Waals surface area contributed by atoms with E-state index in [0.29, 0.717) is 0 Å². The van der Waals surface area contributed by atoms with E-state index in [1.807, 2.05) is 0 Å². The van der Waals surface area contributed by atoms with Crippen LogP contribution in [0.5, 0.6) is 0 Å². The highest BCUT2D eigenvalue weighted by molar-refractivity contribution is 6.09. The first kappa shape index (κ1) is 15.5. The van der Waals surface area contributed by atoms with Crippen LogP contribution in [0.2, 0.25) is 0 Å². The van der Waals surface area contributed by atoms with Gasteiger partial charge in [-0.1, -0.05) is 0 Å². The summed E-state index contributed by atoms with van der Waals surface area (Å²) in [5, 5.41) is 3.07. The molecule has 1 aromatic carbocycles. The third kappa shape index (κ3) is 3.47. The topological polar surface area (TPSA) is 46.2 Å². The number of ketones is 2. The Hall–Kier alpha value is -1.56. The largest absolute Gasteiger partial charge is 0.450 e. The van der Waals surface area contributed by atoms with E-state index in [1.165, 1.54) is 6.07 Å². The Morgan fingerprint density at radius 3 is 2.58 bits per heavy atom. The third-order valence-corrected chi connectivity index (χ3v) is 2.77. The fraction of sp³-hybridized carbons (Fsp3) is 0.333. The molecule has 19 heavy (non-hydrogen) atoms. The summed E-state index contributed by atoms with van der Waals surface area (Å²) in [6.45, 7) is 0.745. The van der Waals surface area contributed by atoms with Gasteiger partial charge in [0, 0.05) is 17.8 Å². The van der Waals surface area contributed by atoms with Crippen molar-refractivity contribution in [3.63, 3.8) is 0 Å². The predicted molar refractivity (Wildman–Crippen MR) is 65.9 cm³/mol. The second-order valence-corrected chi connectivity index (χ2v) is 4.07. The molecular formula is C12H11ClF3NO2. The van der Waals surface area contributed by atoms with Gasteiger partial charge in [0.05, 0.1) is 6.42 Å². The van der Waals surface area contributed by atoms with Gasteiger partial charge in [-0.15, -0.1) is 12.4 Å². The average Bonchev–Trinajstić information content (AvgIpc) is 2.74. The van der Waals surface area contributed by atoms with Crippen LogP contribution in [-0.4, -0.2) is 24.3 Å². The molecule has 2 rings (SSSR count).